The van der Waals surface area contributed by atoms with Gasteiger partial charge in [-0.3, -0.25) is 0 Å². The molecule has 0 fully saturated rings. The summed E-state index contributed by atoms with van der Waals surface area (Å²) in [7, 11) is 1.81. The normalized spacial score (nSPS) is 10.4. The average Bonchev–Trinajstić information content (AvgIpc) is 2.41. The van der Waals surface area contributed by atoms with Crippen LogP contribution < -0.4 is 10.6 Å². The van der Waals surface area contributed by atoms with Crippen molar-refractivity contribution in [3.05, 3.63) is 46.9 Å². The summed E-state index contributed by atoms with van der Waals surface area (Å²) in [5, 5.41) is 8.28. The first-order valence-corrected chi connectivity index (χ1v) is 6.45. The number of aromatic nitrogens is 2. The Hall–Kier alpha value is -2.08. The smallest absolute Gasteiger partial charge is 0.165 e. The van der Waals surface area contributed by atoms with Crippen LogP contribution in [-0.4, -0.2) is 22.2 Å². The lowest BCUT2D eigenvalue weighted by Gasteiger charge is -2.22. The summed E-state index contributed by atoms with van der Waals surface area (Å²) in [4.78, 5) is 2.05. The summed E-state index contributed by atoms with van der Waals surface area (Å²) in [6.07, 6.45) is 0. The maximum absolute atomic E-state index is 13.0. The van der Waals surface area contributed by atoms with Gasteiger partial charge in [-0.2, -0.15) is 5.10 Å². The van der Waals surface area contributed by atoms with Crippen LogP contribution in [0.15, 0.2) is 24.3 Å². The van der Waals surface area contributed by atoms with E-state index in [0.717, 1.165) is 16.9 Å². The summed E-state index contributed by atoms with van der Waals surface area (Å²) in [6.45, 7) is 3.76. The Bertz CT molecular complexity index is 655. The number of anilines is 2. The predicted molar refractivity (Wildman–Crippen MR) is 81.9 cm³/mol. The highest BCUT2D eigenvalue weighted by Gasteiger charge is 2.17. The average molecular weight is 290 g/mol. The van der Waals surface area contributed by atoms with E-state index in [9.17, 15) is 4.39 Å². The standard InChI is InChI=1S/C14H15FN4S/c1-8-9(2)17-18-14(12(8)13(16)20)19(3)11-6-4-10(15)5-7-11/h4-7H,1-3H3,(H2,16,20). The number of halogens is 1. The van der Waals surface area contributed by atoms with Crippen LogP contribution in [-0.2, 0) is 0 Å². The quantitative estimate of drug-likeness (QED) is 0.881. The van der Waals surface area contributed by atoms with E-state index in [2.05, 4.69) is 10.2 Å². The van der Waals surface area contributed by atoms with Gasteiger partial charge >= 0.3 is 0 Å². The molecule has 0 aliphatic rings. The molecule has 0 aliphatic heterocycles. The molecule has 0 aliphatic carbocycles. The Morgan fingerprint density at radius 3 is 2.35 bits per heavy atom. The van der Waals surface area contributed by atoms with Crippen LogP contribution in [0.3, 0.4) is 0 Å². The molecule has 0 saturated carbocycles. The van der Waals surface area contributed by atoms with Crippen molar-refractivity contribution in [1.29, 1.82) is 0 Å². The summed E-state index contributed by atoms with van der Waals surface area (Å²) in [5.74, 6) is 0.273. The molecule has 20 heavy (non-hydrogen) atoms. The van der Waals surface area contributed by atoms with Crippen LogP contribution in [0.1, 0.15) is 16.8 Å². The fraction of sp³-hybridized carbons (Fsp3) is 0.214. The van der Waals surface area contributed by atoms with E-state index in [4.69, 9.17) is 18.0 Å². The first-order valence-electron chi connectivity index (χ1n) is 6.04. The minimum atomic E-state index is -0.289. The molecule has 6 heteroatoms. The molecule has 2 rings (SSSR count). The van der Waals surface area contributed by atoms with Crippen molar-refractivity contribution in [2.75, 3.05) is 11.9 Å². The largest absolute Gasteiger partial charge is 0.389 e. The highest BCUT2D eigenvalue weighted by Crippen LogP contribution is 2.27. The van der Waals surface area contributed by atoms with Crippen molar-refractivity contribution >= 4 is 28.7 Å². The van der Waals surface area contributed by atoms with E-state index in [1.165, 1.54) is 12.1 Å². The Labute approximate surface area is 122 Å². The molecule has 2 aromatic rings. The van der Waals surface area contributed by atoms with Crippen LogP contribution in [0.2, 0.25) is 0 Å². The summed E-state index contributed by atoms with van der Waals surface area (Å²) in [6, 6.07) is 6.10. The van der Waals surface area contributed by atoms with Crippen LogP contribution in [0, 0.1) is 19.7 Å². The molecule has 2 N–H and O–H groups in total. The maximum Gasteiger partial charge on any atom is 0.165 e. The number of hydrogen-bond acceptors (Lipinski definition) is 4. The van der Waals surface area contributed by atoms with Crippen LogP contribution >= 0.6 is 12.2 Å². The van der Waals surface area contributed by atoms with E-state index in [0.29, 0.717) is 11.4 Å². The van der Waals surface area contributed by atoms with Gasteiger partial charge in [0, 0.05) is 12.7 Å². The second kappa shape index (κ2) is 5.50. The van der Waals surface area contributed by atoms with Crippen molar-refractivity contribution < 1.29 is 4.39 Å². The lowest BCUT2D eigenvalue weighted by Crippen LogP contribution is -2.22. The Morgan fingerprint density at radius 2 is 1.80 bits per heavy atom. The first kappa shape index (κ1) is 14.3. The molecule has 4 nitrogen and oxygen atoms in total. The Kier molecular flexibility index (Phi) is 3.94. The van der Waals surface area contributed by atoms with Crippen LogP contribution in [0.25, 0.3) is 0 Å². The summed E-state index contributed by atoms with van der Waals surface area (Å²) in [5.41, 5.74) is 8.96. The third kappa shape index (κ3) is 2.60. The van der Waals surface area contributed by atoms with Gasteiger partial charge in [-0.05, 0) is 43.7 Å². The topological polar surface area (TPSA) is 55.0 Å². The van der Waals surface area contributed by atoms with Gasteiger partial charge < -0.3 is 10.6 Å². The molecule has 0 amide bonds. The molecule has 1 aromatic carbocycles. The number of rotatable bonds is 3. The third-order valence-electron chi connectivity index (χ3n) is 3.21. The van der Waals surface area contributed by atoms with Gasteiger partial charge in [-0.15, -0.1) is 5.10 Å². The minimum absolute atomic E-state index is 0.268. The molecule has 0 radical (unpaired) electrons. The number of nitrogens with two attached hydrogens (primary N) is 1. The molecule has 0 unspecified atom stereocenters. The molecule has 1 aromatic heterocycles. The van der Waals surface area contributed by atoms with Gasteiger partial charge in [-0.25, -0.2) is 4.39 Å². The van der Waals surface area contributed by atoms with Crippen LogP contribution in [0.5, 0.6) is 0 Å². The summed E-state index contributed by atoms with van der Waals surface area (Å²) >= 11 is 5.11. The van der Waals surface area contributed by atoms with E-state index in [-0.39, 0.29) is 10.8 Å². The number of benzene rings is 1. The summed E-state index contributed by atoms with van der Waals surface area (Å²) < 4.78 is 13.0. The van der Waals surface area contributed by atoms with E-state index < -0.39 is 0 Å². The first-order chi connectivity index (χ1) is 9.41. The van der Waals surface area contributed by atoms with Crippen LogP contribution in [0.4, 0.5) is 15.9 Å². The Morgan fingerprint density at radius 1 is 1.20 bits per heavy atom. The fourth-order valence-electron chi connectivity index (χ4n) is 1.91. The molecular weight excluding hydrogens is 275 g/mol. The molecule has 104 valence electrons. The minimum Gasteiger partial charge on any atom is -0.389 e. The SMILES string of the molecule is Cc1nnc(N(C)c2ccc(F)cc2)c(C(N)=S)c1C. The molecule has 0 saturated heterocycles. The van der Waals surface area contributed by atoms with Crippen molar-refractivity contribution in [3.63, 3.8) is 0 Å². The van der Waals surface area contributed by atoms with Gasteiger partial charge in [0.05, 0.1) is 11.3 Å². The zero-order chi connectivity index (χ0) is 14.9. The van der Waals surface area contributed by atoms with E-state index in [1.807, 2.05) is 20.9 Å². The van der Waals surface area contributed by atoms with E-state index in [1.54, 1.807) is 17.0 Å². The van der Waals surface area contributed by atoms with Crippen molar-refractivity contribution in [3.8, 4) is 0 Å². The van der Waals surface area contributed by atoms with Crippen molar-refractivity contribution in [1.82, 2.24) is 10.2 Å². The predicted octanol–water partition coefficient (Wildman–Crippen LogP) is 2.63. The molecule has 0 atom stereocenters. The Balaban J connectivity index is 2.54. The van der Waals surface area contributed by atoms with E-state index >= 15 is 0 Å². The second-order valence-electron chi connectivity index (χ2n) is 4.51. The highest BCUT2D eigenvalue weighted by molar-refractivity contribution is 7.80. The monoisotopic (exact) mass is 290 g/mol. The van der Waals surface area contributed by atoms with Gasteiger partial charge in [0.25, 0.3) is 0 Å². The maximum atomic E-state index is 13.0. The highest BCUT2D eigenvalue weighted by atomic mass is 32.1. The lowest BCUT2D eigenvalue weighted by molar-refractivity contribution is 0.628. The van der Waals surface area contributed by atoms with Crippen molar-refractivity contribution in [2.24, 2.45) is 5.73 Å². The number of aryl methyl sites for hydroxylation is 1. The number of hydrogen-bond donors (Lipinski definition) is 1. The zero-order valence-corrected chi connectivity index (χ0v) is 12.3. The molecule has 1 heterocycles. The van der Waals surface area contributed by atoms with Crippen molar-refractivity contribution in [2.45, 2.75) is 13.8 Å². The van der Waals surface area contributed by atoms with Gasteiger partial charge in [0.1, 0.15) is 10.8 Å². The third-order valence-corrected chi connectivity index (χ3v) is 3.42. The van der Waals surface area contributed by atoms with Gasteiger partial charge in [0.15, 0.2) is 5.82 Å². The molecule has 0 bridgehead atoms. The fourth-order valence-corrected chi connectivity index (χ4v) is 2.16. The second-order valence-corrected chi connectivity index (χ2v) is 4.95. The molecule has 0 spiro atoms. The lowest BCUT2D eigenvalue weighted by atomic mass is 10.1. The molecular formula is C14H15FN4S. The van der Waals surface area contributed by atoms with Gasteiger partial charge in [-0.1, -0.05) is 12.2 Å². The number of thiocarbonyl (C=S) groups is 1. The zero-order valence-electron chi connectivity index (χ0n) is 11.5. The number of nitrogens with zero attached hydrogens (tertiary/aromatic N) is 3. The van der Waals surface area contributed by atoms with Gasteiger partial charge in [0.2, 0.25) is 0 Å².